The summed E-state index contributed by atoms with van der Waals surface area (Å²) in [5.74, 6) is -0.0698. The van der Waals surface area contributed by atoms with Crippen LogP contribution in [0.2, 0.25) is 0 Å². The number of ether oxygens (including phenoxy) is 3. The Kier molecular flexibility index (Phi) is 7.20. The van der Waals surface area contributed by atoms with Gasteiger partial charge in [-0.25, -0.2) is 4.79 Å². The van der Waals surface area contributed by atoms with E-state index in [0.29, 0.717) is 5.56 Å². The molecule has 140 valence electrons. The Bertz CT molecular complexity index is 610. The highest BCUT2D eigenvalue weighted by Gasteiger charge is 2.22. The first kappa shape index (κ1) is 20.7. The lowest BCUT2D eigenvalue weighted by molar-refractivity contribution is -0.132. The van der Waals surface area contributed by atoms with Crippen molar-refractivity contribution < 1.29 is 34.0 Å². The number of nitrogens with one attached hydrogen (secondary N) is 1. The third-order valence-corrected chi connectivity index (χ3v) is 3.00. The first-order valence-electron chi connectivity index (χ1n) is 7.73. The van der Waals surface area contributed by atoms with Gasteiger partial charge in [-0.15, -0.1) is 0 Å². The number of rotatable bonds is 6. The van der Waals surface area contributed by atoms with Gasteiger partial charge in [0, 0.05) is 13.5 Å². The molecule has 0 saturated heterocycles. The molecule has 2 atom stereocenters. The first-order chi connectivity index (χ1) is 11.5. The highest BCUT2D eigenvalue weighted by Crippen LogP contribution is 2.31. The topological polar surface area (TPSA) is 114 Å². The number of alkyl carbamates (subject to hydrolysis) is 1. The average molecular weight is 355 g/mol. The smallest absolute Gasteiger partial charge is 0.407 e. The molecule has 0 heterocycles. The molecule has 0 aliphatic heterocycles. The van der Waals surface area contributed by atoms with Gasteiger partial charge < -0.3 is 29.7 Å². The van der Waals surface area contributed by atoms with Crippen LogP contribution in [0.25, 0.3) is 0 Å². The minimum absolute atomic E-state index is 0.201. The number of amides is 1. The van der Waals surface area contributed by atoms with Crippen LogP contribution in [-0.4, -0.2) is 47.6 Å². The molecular formula is C17H25NO7. The number of esters is 1. The lowest BCUT2D eigenvalue weighted by Crippen LogP contribution is -2.38. The van der Waals surface area contributed by atoms with Crippen LogP contribution in [0.5, 0.6) is 11.5 Å². The van der Waals surface area contributed by atoms with Crippen molar-refractivity contribution in [1.82, 2.24) is 5.32 Å². The Morgan fingerprint density at radius 2 is 1.84 bits per heavy atom. The summed E-state index contributed by atoms with van der Waals surface area (Å²) < 4.78 is 15.1. The maximum Gasteiger partial charge on any atom is 0.407 e. The van der Waals surface area contributed by atoms with E-state index in [2.05, 4.69) is 5.32 Å². The van der Waals surface area contributed by atoms with E-state index in [4.69, 9.17) is 14.2 Å². The highest BCUT2D eigenvalue weighted by molar-refractivity contribution is 5.70. The standard InChI is InChI=1S/C17H25NO7/c1-10(19)24-13-7-6-11(8-14(13)23-5)15(21)12(20)9-18-16(22)25-17(2,3)4/h6-8,12,15,20-21H,9H2,1-5H3,(H,18,22). The lowest BCUT2D eigenvalue weighted by Gasteiger charge is -2.22. The molecule has 2 unspecified atom stereocenters. The van der Waals surface area contributed by atoms with E-state index in [1.54, 1.807) is 20.8 Å². The van der Waals surface area contributed by atoms with Crippen molar-refractivity contribution in [3.63, 3.8) is 0 Å². The lowest BCUT2D eigenvalue weighted by atomic mass is 10.0. The van der Waals surface area contributed by atoms with Crippen molar-refractivity contribution in [3.05, 3.63) is 23.8 Å². The summed E-state index contributed by atoms with van der Waals surface area (Å²) in [6, 6.07) is 4.38. The Labute approximate surface area is 146 Å². The van der Waals surface area contributed by atoms with Gasteiger partial charge in [-0.05, 0) is 38.5 Å². The molecule has 1 aromatic carbocycles. The molecule has 0 aromatic heterocycles. The van der Waals surface area contributed by atoms with E-state index in [0.717, 1.165) is 0 Å². The van der Waals surface area contributed by atoms with Crippen molar-refractivity contribution in [2.45, 2.75) is 45.5 Å². The third-order valence-electron chi connectivity index (χ3n) is 3.00. The fraction of sp³-hybridized carbons (Fsp3) is 0.529. The molecule has 0 bridgehead atoms. The van der Waals surface area contributed by atoms with Gasteiger partial charge in [0.25, 0.3) is 0 Å². The van der Waals surface area contributed by atoms with Crippen molar-refractivity contribution >= 4 is 12.1 Å². The Morgan fingerprint density at radius 3 is 2.36 bits per heavy atom. The van der Waals surface area contributed by atoms with Crippen LogP contribution in [0.15, 0.2) is 18.2 Å². The van der Waals surface area contributed by atoms with Crippen molar-refractivity contribution in [1.29, 1.82) is 0 Å². The predicted octanol–water partition coefficient (Wildman–Crippen LogP) is 1.54. The zero-order valence-electron chi connectivity index (χ0n) is 15.0. The van der Waals surface area contributed by atoms with Crippen LogP contribution >= 0.6 is 0 Å². The van der Waals surface area contributed by atoms with E-state index in [1.807, 2.05) is 0 Å². The maximum absolute atomic E-state index is 11.6. The summed E-state index contributed by atoms with van der Waals surface area (Å²) in [5.41, 5.74) is -0.320. The number of aliphatic hydroxyl groups is 2. The molecule has 0 fully saturated rings. The second-order valence-electron chi connectivity index (χ2n) is 6.40. The molecule has 1 aromatic rings. The van der Waals surface area contributed by atoms with Crippen LogP contribution in [-0.2, 0) is 9.53 Å². The Balaban J connectivity index is 2.73. The van der Waals surface area contributed by atoms with Gasteiger partial charge in [0.15, 0.2) is 11.5 Å². The fourth-order valence-corrected chi connectivity index (χ4v) is 1.94. The molecule has 8 heteroatoms. The fourth-order valence-electron chi connectivity index (χ4n) is 1.94. The summed E-state index contributed by atoms with van der Waals surface area (Å²) in [5, 5.41) is 22.7. The number of benzene rings is 1. The molecule has 0 aliphatic carbocycles. The number of methoxy groups -OCH3 is 1. The summed E-state index contributed by atoms with van der Waals surface area (Å²) >= 11 is 0. The zero-order chi connectivity index (χ0) is 19.2. The van der Waals surface area contributed by atoms with Gasteiger partial charge in [-0.1, -0.05) is 6.07 Å². The SMILES string of the molecule is COc1cc(C(O)C(O)CNC(=O)OC(C)(C)C)ccc1OC(C)=O. The van der Waals surface area contributed by atoms with Crippen molar-refractivity contribution in [2.24, 2.45) is 0 Å². The van der Waals surface area contributed by atoms with Gasteiger partial charge >= 0.3 is 12.1 Å². The molecule has 0 saturated carbocycles. The highest BCUT2D eigenvalue weighted by atomic mass is 16.6. The molecule has 1 rings (SSSR count). The number of carbonyl (C=O) groups excluding carboxylic acids is 2. The summed E-state index contributed by atoms with van der Waals surface area (Å²) in [6.45, 7) is 6.21. The van der Waals surface area contributed by atoms with Crippen molar-refractivity contribution in [2.75, 3.05) is 13.7 Å². The van der Waals surface area contributed by atoms with E-state index in [-0.39, 0.29) is 18.0 Å². The van der Waals surface area contributed by atoms with Crippen LogP contribution in [0.1, 0.15) is 39.4 Å². The first-order valence-corrected chi connectivity index (χ1v) is 7.73. The van der Waals surface area contributed by atoms with E-state index >= 15 is 0 Å². The van der Waals surface area contributed by atoms with Gasteiger partial charge in [0.05, 0.1) is 7.11 Å². The molecule has 25 heavy (non-hydrogen) atoms. The minimum atomic E-state index is -1.28. The molecule has 1 amide bonds. The normalized spacial score (nSPS) is 13.6. The zero-order valence-corrected chi connectivity index (χ0v) is 15.0. The molecule has 0 aliphatic rings. The largest absolute Gasteiger partial charge is 0.493 e. The van der Waals surface area contributed by atoms with E-state index < -0.39 is 29.9 Å². The summed E-state index contributed by atoms with van der Waals surface area (Å²) in [7, 11) is 1.39. The van der Waals surface area contributed by atoms with Gasteiger partial charge in [0.1, 0.15) is 17.8 Å². The third kappa shape index (κ3) is 6.98. The predicted molar refractivity (Wildman–Crippen MR) is 89.5 cm³/mol. The summed E-state index contributed by atoms with van der Waals surface area (Å²) in [4.78, 5) is 22.6. The van der Waals surface area contributed by atoms with Crippen LogP contribution in [0.4, 0.5) is 4.79 Å². The van der Waals surface area contributed by atoms with Gasteiger partial charge in [-0.3, -0.25) is 4.79 Å². The van der Waals surface area contributed by atoms with E-state index in [9.17, 15) is 19.8 Å². The molecule has 8 nitrogen and oxygen atoms in total. The number of aliphatic hydroxyl groups excluding tert-OH is 2. The van der Waals surface area contributed by atoms with Gasteiger partial charge in [-0.2, -0.15) is 0 Å². The molecule has 0 radical (unpaired) electrons. The number of hydrogen-bond acceptors (Lipinski definition) is 7. The molecule has 3 N–H and O–H groups in total. The molecule has 0 spiro atoms. The second-order valence-corrected chi connectivity index (χ2v) is 6.40. The summed E-state index contributed by atoms with van der Waals surface area (Å²) in [6.07, 6.45) is -3.24. The second kappa shape index (κ2) is 8.68. The quantitative estimate of drug-likeness (QED) is 0.524. The monoisotopic (exact) mass is 355 g/mol. The van der Waals surface area contributed by atoms with E-state index in [1.165, 1.54) is 32.2 Å². The van der Waals surface area contributed by atoms with Crippen LogP contribution < -0.4 is 14.8 Å². The maximum atomic E-state index is 11.6. The number of hydrogen-bond donors (Lipinski definition) is 3. The minimum Gasteiger partial charge on any atom is -0.493 e. The van der Waals surface area contributed by atoms with Crippen LogP contribution in [0.3, 0.4) is 0 Å². The van der Waals surface area contributed by atoms with Gasteiger partial charge in [0.2, 0.25) is 0 Å². The molecular weight excluding hydrogens is 330 g/mol. The number of carbonyl (C=O) groups is 2. The average Bonchev–Trinajstić information content (AvgIpc) is 2.50. The van der Waals surface area contributed by atoms with Crippen molar-refractivity contribution in [3.8, 4) is 11.5 Å². The van der Waals surface area contributed by atoms with Crippen LogP contribution in [0, 0.1) is 0 Å². The Morgan fingerprint density at radius 1 is 1.20 bits per heavy atom. The Hall–Kier alpha value is -2.32.